The molecule has 0 spiro atoms. The van der Waals surface area contributed by atoms with Crippen molar-refractivity contribution >= 4 is 17.6 Å². The van der Waals surface area contributed by atoms with E-state index in [9.17, 15) is 18.4 Å². The molecule has 0 bridgehead atoms. The van der Waals surface area contributed by atoms with Gasteiger partial charge in [-0.3, -0.25) is 4.79 Å². The minimum absolute atomic E-state index is 0.322. The van der Waals surface area contributed by atoms with Crippen molar-refractivity contribution in [1.29, 1.82) is 0 Å². The summed E-state index contributed by atoms with van der Waals surface area (Å²) in [6.07, 6.45) is 1.96. The monoisotopic (exact) mass is 375 g/mol. The van der Waals surface area contributed by atoms with Crippen molar-refractivity contribution < 1.29 is 27.8 Å². The van der Waals surface area contributed by atoms with Crippen LogP contribution in [0.1, 0.15) is 24.5 Å². The molecule has 2 aromatic carbocycles. The molecule has 1 N–H and O–H groups in total. The van der Waals surface area contributed by atoms with Gasteiger partial charge in [0.15, 0.2) is 12.7 Å². The van der Waals surface area contributed by atoms with Crippen LogP contribution in [-0.2, 0) is 27.2 Å². The Hall–Kier alpha value is -2.96. The number of aryl methyl sites for hydroxylation is 2. The zero-order valence-electron chi connectivity index (χ0n) is 14.8. The topological polar surface area (TPSA) is 64.6 Å². The third-order valence-electron chi connectivity index (χ3n) is 4.29. The zero-order valence-corrected chi connectivity index (χ0v) is 14.8. The van der Waals surface area contributed by atoms with Crippen LogP contribution in [0.25, 0.3) is 0 Å². The van der Waals surface area contributed by atoms with Gasteiger partial charge in [0.1, 0.15) is 17.4 Å². The van der Waals surface area contributed by atoms with E-state index in [1.54, 1.807) is 6.07 Å². The number of hydrogen-bond donors (Lipinski definition) is 1. The summed E-state index contributed by atoms with van der Waals surface area (Å²) in [6, 6.07) is 8.35. The molecule has 7 heteroatoms. The molecule has 1 amide bonds. The first-order valence-electron chi connectivity index (χ1n) is 8.62. The fourth-order valence-electron chi connectivity index (χ4n) is 2.89. The number of carbonyl (C=O) groups excluding carboxylic acids is 2. The Balaban J connectivity index is 1.49. The standard InChI is InChI=1S/C20H19F2NO4/c1-12(20(25)23-18-10-15(21)6-8-17(18)22)27-19(24)11-26-16-7-5-13-3-2-4-14(13)9-16/h5-10,12H,2-4,11H2,1H3,(H,23,25)/t12-/m0/s1. The van der Waals surface area contributed by atoms with Crippen LogP contribution >= 0.6 is 0 Å². The summed E-state index contributed by atoms with van der Waals surface area (Å²) >= 11 is 0. The normalized spacial score (nSPS) is 13.6. The highest BCUT2D eigenvalue weighted by atomic mass is 19.1. The van der Waals surface area contributed by atoms with E-state index >= 15 is 0 Å². The number of hydrogen-bond acceptors (Lipinski definition) is 4. The van der Waals surface area contributed by atoms with Gasteiger partial charge in [-0.2, -0.15) is 0 Å². The van der Waals surface area contributed by atoms with Gasteiger partial charge >= 0.3 is 5.97 Å². The van der Waals surface area contributed by atoms with Crippen LogP contribution in [0.4, 0.5) is 14.5 Å². The molecule has 5 nitrogen and oxygen atoms in total. The number of halogens is 2. The largest absolute Gasteiger partial charge is 0.482 e. The lowest BCUT2D eigenvalue weighted by molar-refractivity contribution is -0.155. The van der Waals surface area contributed by atoms with Gasteiger partial charge in [-0.05, 0) is 61.6 Å². The molecule has 0 aromatic heterocycles. The fourth-order valence-corrected chi connectivity index (χ4v) is 2.89. The van der Waals surface area contributed by atoms with Crippen LogP contribution in [0.3, 0.4) is 0 Å². The molecule has 0 saturated heterocycles. The van der Waals surface area contributed by atoms with E-state index in [1.807, 2.05) is 12.1 Å². The molecule has 0 fully saturated rings. The maximum atomic E-state index is 13.5. The molecule has 1 atom stereocenters. The van der Waals surface area contributed by atoms with Crippen molar-refractivity contribution in [2.24, 2.45) is 0 Å². The molecule has 0 saturated carbocycles. The van der Waals surface area contributed by atoms with Crippen LogP contribution in [-0.4, -0.2) is 24.6 Å². The third-order valence-corrected chi connectivity index (χ3v) is 4.29. The van der Waals surface area contributed by atoms with Crippen molar-refractivity contribution in [2.75, 3.05) is 11.9 Å². The number of rotatable bonds is 6. The van der Waals surface area contributed by atoms with Gasteiger partial charge in [0.25, 0.3) is 5.91 Å². The Labute approximate surface area is 155 Å². The lowest BCUT2D eigenvalue weighted by atomic mass is 10.1. The smallest absolute Gasteiger partial charge is 0.344 e. The number of fused-ring (bicyclic) bond motifs is 1. The number of benzene rings is 2. The van der Waals surface area contributed by atoms with Gasteiger partial charge in [0.2, 0.25) is 0 Å². The van der Waals surface area contributed by atoms with Crippen molar-refractivity contribution in [3.63, 3.8) is 0 Å². The van der Waals surface area contributed by atoms with E-state index in [4.69, 9.17) is 9.47 Å². The van der Waals surface area contributed by atoms with Crippen molar-refractivity contribution in [3.05, 3.63) is 59.2 Å². The van der Waals surface area contributed by atoms with Gasteiger partial charge in [-0.15, -0.1) is 0 Å². The summed E-state index contributed by atoms with van der Waals surface area (Å²) in [5.74, 6) is -2.43. The van der Waals surface area contributed by atoms with Crippen molar-refractivity contribution in [1.82, 2.24) is 0 Å². The van der Waals surface area contributed by atoms with E-state index in [0.29, 0.717) is 5.75 Å². The zero-order chi connectivity index (χ0) is 19.4. The van der Waals surface area contributed by atoms with Crippen LogP contribution in [0, 0.1) is 11.6 Å². The SMILES string of the molecule is C[C@H](OC(=O)COc1ccc2c(c1)CCC2)C(=O)Nc1cc(F)ccc1F. The fraction of sp³-hybridized carbons (Fsp3) is 0.300. The molecule has 0 unspecified atom stereocenters. The molecule has 27 heavy (non-hydrogen) atoms. The Morgan fingerprint density at radius 2 is 1.89 bits per heavy atom. The second-order valence-electron chi connectivity index (χ2n) is 6.32. The third kappa shape index (κ3) is 4.81. The Morgan fingerprint density at radius 3 is 2.70 bits per heavy atom. The van der Waals surface area contributed by atoms with Crippen LogP contribution in [0.5, 0.6) is 5.75 Å². The maximum Gasteiger partial charge on any atom is 0.344 e. The lowest BCUT2D eigenvalue weighted by Gasteiger charge is -2.14. The number of ether oxygens (including phenoxy) is 2. The van der Waals surface area contributed by atoms with E-state index < -0.39 is 29.6 Å². The molecule has 142 valence electrons. The Kier molecular flexibility index (Phi) is 5.69. The van der Waals surface area contributed by atoms with Crippen molar-refractivity contribution in [3.8, 4) is 5.75 Å². The second kappa shape index (κ2) is 8.16. The number of amides is 1. The van der Waals surface area contributed by atoms with Crippen LogP contribution in [0.2, 0.25) is 0 Å². The molecule has 0 heterocycles. The summed E-state index contributed by atoms with van der Waals surface area (Å²) in [5.41, 5.74) is 2.18. The van der Waals surface area contributed by atoms with Gasteiger partial charge in [0.05, 0.1) is 5.69 Å². The summed E-state index contributed by atoms with van der Waals surface area (Å²) in [5, 5.41) is 2.19. The minimum Gasteiger partial charge on any atom is -0.482 e. The van der Waals surface area contributed by atoms with Gasteiger partial charge in [0, 0.05) is 6.07 Å². The predicted octanol–water partition coefficient (Wildman–Crippen LogP) is 3.40. The summed E-state index contributed by atoms with van der Waals surface area (Å²) in [7, 11) is 0. The van der Waals surface area contributed by atoms with E-state index in [1.165, 1.54) is 18.1 Å². The Morgan fingerprint density at radius 1 is 1.11 bits per heavy atom. The van der Waals surface area contributed by atoms with Gasteiger partial charge in [-0.1, -0.05) is 6.07 Å². The highest BCUT2D eigenvalue weighted by molar-refractivity contribution is 5.95. The average molecular weight is 375 g/mol. The molecular weight excluding hydrogens is 356 g/mol. The molecule has 0 aliphatic heterocycles. The van der Waals surface area contributed by atoms with Crippen LogP contribution in [0.15, 0.2) is 36.4 Å². The molecule has 0 radical (unpaired) electrons. The highest BCUT2D eigenvalue weighted by Gasteiger charge is 2.20. The maximum absolute atomic E-state index is 13.5. The van der Waals surface area contributed by atoms with E-state index in [0.717, 1.165) is 37.5 Å². The highest BCUT2D eigenvalue weighted by Crippen LogP contribution is 2.26. The summed E-state index contributed by atoms with van der Waals surface area (Å²) < 4.78 is 37.1. The lowest BCUT2D eigenvalue weighted by Crippen LogP contribution is -2.32. The average Bonchev–Trinajstić information content (AvgIpc) is 3.10. The molecule has 1 aliphatic carbocycles. The molecule has 1 aliphatic rings. The Bertz CT molecular complexity index is 869. The quantitative estimate of drug-likeness (QED) is 0.786. The number of carbonyl (C=O) groups is 2. The first-order chi connectivity index (χ1) is 12.9. The predicted molar refractivity (Wildman–Crippen MR) is 94.5 cm³/mol. The van der Waals surface area contributed by atoms with Gasteiger partial charge in [-0.25, -0.2) is 13.6 Å². The first-order valence-corrected chi connectivity index (χ1v) is 8.62. The number of anilines is 1. The van der Waals surface area contributed by atoms with E-state index in [2.05, 4.69) is 5.32 Å². The molecular formula is C20H19F2NO4. The second-order valence-corrected chi connectivity index (χ2v) is 6.32. The van der Waals surface area contributed by atoms with Crippen LogP contribution < -0.4 is 10.1 Å². The number of esters is 1. The molecule has 3 rings (SSSR count). The first kappa shape index (κ1) is 18.8. The van der Waals surface area contributed by atoms with Crippen molar-refractivity contribution in [2.45, 2.75) is 32.3 Å². The molecule has 2 aromatic rings. The minimum atomic E-state index is -1.19. The summed E-state index contributed by atoms with van der Waals surface area (Å²) in [6.45, 7) is 0.977. The van der Waals surface area contributed by atoms with Gasteiger partial charge < -0.3 is 14.8 Å². The number of nitrogens with one attached hydrogen (secondary N) is 1. The van der Waals surface area contributed by atoms with E-state index in [-0.39, 0.29) is 12.3 Å². The summed E-state index contributed by atoms with van der Waals surface area (Å²) in [4.78, 5) is 23.9.